The van der Waals surface area contributed by atoms with Gasteiger partial charge in [-0.1, -0.05) is 26.0 Å². The molecule has 0 aliphatic carbocycles. The summed E-state index contributed by atoms with van der Waals surface area (Å²) in [5.41, 5.74) is 1.29. The molecule has 0 aromatic heterocycles. The van der Waals surface area contributed by atoms with Crippen LogP contribution in [0.1, 0.15) is 38.3 Å². The van der Waals surface area contributed by atoms with Crippen molar-refractivity contribution in [2.24, 2.45) is 0 Å². The molecule has 2 rings (SSSR count). The van der Waals surface area contributed by atoms with Crippen molar-refractivity contribution in [3.8, 4) is 5.75 Å². The summed E-state index contributed by atoms with van der Waals surface area (Å²) in [6.45, 7) is 3.76. The van der Waals surface area contributed by atoms with E-state index in [0.717, 1.165) is 22.4 Å². The maximum absolute atomic E-state index is 12.8. The monoisotopic (exact) mass is 482 g/mol. The van der Waals surface area contributed by atoms with Gasteiger partial charge in [0.2, 0.25) is 10.0 Å². The number of amides is 1. The van der Waals surface area contributed by atoms with Crippen LogP contribution in [0.4, 0.5) is 5.69 Å². The number of carbonyl (C=O) groups is 1. The SMILES string of the molecule is CC[C@H](NC(=O)[C@@H](CC)Oc1ccc(N(C)S(C)(=O)=O)cc1)c1ccc(S(C)(=O)=O)cc1. The zero-order chi connectivity index (χ0) is 24.1. The molecule has 2 aromatic rings. The second-order valence-electron chi connectivity index (χ2n) is 7.55. The van der Waals surface area contributed by atoms with Gasteiger partial charge in [0.05, 0.1) is 22.9 Å². The molecule has 0 bridgehead atoms. The standard InChI is InChI=1S/C22H30N2O6S2/c1-6-20(16-8-14-19(15-9-16)31(4,26)27)23-22(25)21(7-2)30-18-12-10-17(11-13-18)24(3)32(5,28)29/h8-15,20-21H,6-7H2,1-5H3,(H,23,25)/t20-,21+/m0/s1. The fraction of sp³-hybridized carbons (Fsp3) is 0.409. The van der Waals surface area contributed by atoms with E-state index in [0.29, 0.717) is 24.3 Å². The summed E-state index contributed by atoms with van der Waals surface area (Å²) in [6, 6.07) is 12.6. The van der Waals surface area contributed by atoms with Gasteiger partial charge >= 0.3 is 0 Å². The number of anilines is 1. The molecule has 2 atom stereocenters. The van der Waals surface area contributed by atoms with Crippen LogP contribution in [0.15, 0.2) is 53.4 Å². The summed E-state index contributed by atoms with van der Waals surface area (Å²) in [5, 5.41) is 2.96. The Bertz CT molecular complexity index is 1130. The quantitative estimate of drug-likeness (QED) is 0.558. The molecule has 0 fully saturated rings. The number of sulfone groups is 1. The van der Waals surface area contributed by atoms with E-state index in [2.05, 4.69) is 5.32 Å². The van der Waals surface area contributed by atoms with E-state index < -0.39 is 26.0 Å². The van der Waals surface area contributed by atoms with Gasteiger partial charge in [-0.25, -0.2) is 16.8 Å². The lowest BCUT2D eigenvalue weighted by molar-refractivity contribution is -0.128. The molecule has 0 spiro atoms. The summed E-state index contributed by atoms with van der Waals surface area (Å²) in [6.07, 6.45) is 2.58. The molecule has 2 aromatic carbocycles. The summed E-state index contributed by atoms with van der Waals surface area (Å²) < 4.78 is 53.6. The molecular weight excluding hydrogens is 452 g/mol. The van der Waals surface area contributed by atoms with Gasteiger partial charge in [0.25, 0.3) is 5.91 Å². The van der Waals surface area contributed by atoms with Crippen molar-refractivity contribution < 1.29 is 26.4 Å². The van der Waals surface area contributed by atoms with Crippen LogP contribution in [0.3, 0.4) is 0 Å². The molecule has 0 saturated heterocycles. The number of ether oxygens (including phenoxy) is 1. The minimum Gasteiger partial charge on any atom is -0.481 e. The topological polar surface area (TPSA) is 110 Å². The van der Waals surface area contributed by atoms with Crippen LogP contribution in [-0.4, -0.2) is 48.4 Å². The Morgan fingerprint density at radius 3 is 1.94 bits per heavy atom. The third kappa shape index (κ3) is 6.70. The summed E-state index contributed by atoms with van der Waals surface area (Å²) in [4.78, 5) is 13.1. The lowest BCUT2D eigenvalue weighted by Crippen LogP contribution is -2.40. The first kappa shape index (κ1) is 25.7. The Morgan fingerprint density at radius 2 is 1.50 bits per heavy atom. The zero-order valence-electron chi connectivity index (χ0n) is 18.9. The highest BCUT2D eigenvalue weighted by Crippen LogP contribution is 2.23. The Kier molecular flexibility index (Phi) is 8.30. The second kappa shape index (κ2) is 10.4. The van der Waals surface area contributed by atoms with E-state index in [1.165, 1.54) is 19.2 Å². The summed E-state index contributed by atoms with van der Waals surface area (Å²) in [7, 11) is -5.20. The highest BCUT2D eigenvalue weighted by atomic mass is 32.2. The number of hydrogen-bond acceptors (Lipinski definition) is 6. The number of benzene rings is 2. The minimum atomic E-state index is -3.37. The maximum atomic E-state index is 12.8. The molecular formula is C22H30N2O6S2. The summed E-state index contributed by atoms with van der Waals surface area (Å²) >= 11 is 0. The molecule has 176 valence electrons. The predicted octanol–water partition coefficient (Wildman–Crippen LogP) is 2.91. The van der Waals surface area contributed by atoms with Gasteiger partial charge in [-0.05, 0) is 54.8 Å². The molecule has 8 nitrogen and oxygen atoms in total. The lowest BCUT2D eigenvalue weighted by Gasteiger charge is -2.23. The number of sulfonamides is 1. The number of nitrogens with zero attached hydrogens (tertiary/aromatic N) is 1. The molecule has 0 aliphatic rings. The van der Waals surface area contributed by atoms with E-state index in [9.17, 15) is 21.6 Å². The largest absolute Gasteiger partial charge is 0.481 e. The Hall–Kier alpha value is -2.59. The van der Waals surface area contributed by atoms with E-state index in [4.69, 9.17) is 4.74 Å². The number of hydrogen-bond donors (Lipinski definition) is 1. The van der Waals surface area contributed by atoms with Crippen LogP contribution >= 0.6 is 0 Å². The van der Waals surface area contributed by atoms with Crippen LogP contribution in [0.25, 0.3) is 0 Å². The van der Waals surface area contributed by atoms with Gasteiger partial charge in [0, 0.05) is 13.3 Å². The van der Waals surface area contributed by atoms with Crippen LogP contribution in [0.2, 0.25) is 0 Å². The fourth-order valence-corrected chi connectivity index (χ4v) is 4.18. The highest BCUT2D eigenvalue weighted by Gasteiger charge is 2.22. The van der Waals surface area contributed by atoms with Crippen LogP contribution in [0, 0.1) is 0 Å². The average molecular weight is 483 g/mol. The van der Waals surface area contributed by atoms with Gasteiger partial charge in [0.1, 0.15) is 5.75 Å². The molecule has 1 amide bonds. The van der Waals surface area contributed by atoms with Crippen LogP contribution < -0.4 is 14.4 Å². The highest BCUT2D eigenvalue weighted by molar-refractivity contribution is 7.92. The third-order valence-corrected chi connectivity index (χ3v) is 7.41. The van der Waals surface area contributed by atoms with Crippen LogP contribution in [0.5, 0.6) is 5.75 Å². The Labute approximate surface area is 190 Å². The molecule has 1 N–H and O–H groups in total. The van der Waals surface area contributed by atoms with E-state index in [1.54, 1.807) is 36.4 Å². The fourth-order valence-electron chi connectivity index (χ4n) is 3.05. The van der Waals surface area contributed by atoms with E-state index in [-0.39, 0.29) is 16.8 Å². The first-order chi connectivity index (χ1) is 14.9. The predicted molar refractivity (Wildman–Crippen MR) is 125 cm³/mol. The van der Waals surface area contributed by atoms with Crippen molar-refractivity contribution in [1.29, 1.82) is 0 Å². The third-order valence-electron chi connectivity index (χ3n) is 5.07. The molecule has 0 radical (unpaired) electrons. The van der Waals surface area contributed by atoms with Gasteiger partial charge in [-0.2, -0.15) is 0 Å². The van der Waals surface area contributed by atoms with Gasteiger partial charge in [0.15, 0.2) is 15.9 Å². The summed E-state index contributed by atoms with van der Waals surface area (Å²) in [5.74, 6) is 0.159. The Morgan fingerprint density at radius 1 is 0.938 bits per heavy atom. The smallest absolute Gasteiger partial charge is 0.261 e. The molecule has 32 heavy (non-hydrogen) atoms. The average Bonchev–Trinajstić information content (AvgIpc) is 2.74. The molecule has 0 saturated carbocycles. The lowest BCUT2D eigenvalue weighted by atomic mass is 10.0. The van der Waals surface area contributed by atoms with Gasteiger partial charge < -0.3 is 10.1 Å². The van der Waals surface area contributed by atoms with Gasteiger partial charge in [-0.3, -0.25) is 9.10 Å². The normalized spacial score (nSPS) is 13.8. The van der Waals surface area contributed by atoms with Crippen molar-refractivity contribution in [2.45, 2.75) is 43.7 Å². The van der Waals surface area contributed by atoms with Crippen molar-refractivity contribution in [3.63, 3.8) is 0 Å². The number of carbonyl (C=O) groups excluding carboxylic acids is 1. The minimum absolute atomic E-state index is 0.224. The number of nitrogens with one attached hydrogen (secondary N) is 1. The molecule has 0 heterocycles. The maximum Gasteiger partial charge on any atom is 0.261 e. The molecule has 0 unspecified atom stereocenters. The van der Waals surface area contributed by atoms with Crippen LogP contribution in [-0.2, 0) is 24.7 Å². The first-order valence-electron chi connectivity index (χ1n) is 10.2. The van der Waals surface area contributed by atoms with Crippen molar-refractivity contribution >= 4 is 31.5 Å². The van der Waals surface area contributed by atoms with Gasteiger partial charge in [-0.15, -0.1) is 0 Å². The first-order valence-corrected chi connectivity index (χ1v) is 13.9. The van der Waals surface area contributed by atoms with E-state index >= 15 is 0 Å². The van der Waals surface area contributed by atoms with Crippen molar-refractivity contribution in [3.05, 3.63) is 54.1 Å². The molecule has 0 aliphatic heterocycles. The number of rotatable bonds is 10. The molecule has 10 heteroatoms. The van der Waals surface area contributed by atoms with Crippen molar-refractivity contribution in [2.75, 3.05) is 23.9 Å². The second-order valence-corrected chi connectivity index (χ2v) is 11.6. The zero-order valence-corrected chi connectivity index (χ0v) is 20.5. The van der Waals surface area contributed by atoms with Crippen molar-refractivity contribution in [1.82, 2.24) is 5.32 Å². The Balaban J connectivity index is 2.09. The van der Waals surface area contributed by atoms with E-state index in [1.807, 2.05) is 13.8 Å².